The van der Waals surface area contributed by atoms with Crippen LogP contribution in [-0.2, 0) is 11.9 Å². The van der Waals surface area contributed by atoms with Crippen LogP contribution in [0.4, 0.5) is 15.9 Å². The fraction of sp³-hybridized carbons (Fsp3) is 0.263. The summed E-state index contributed by atoms with van der Waals surface area (Å²) in [6.45, 7) is 3.11. The van der Waals surface area contributed by atoms with Gasteiger partial charge in [-0.15, -0.1) is 0 Å². The number of aromatic nitrogens is 1. The van der Waals surface area contributed by atoms with E-state index in [0.717, 1.165) is 5.56 Å². The van der Waals surface area contributed by atoms with Gasteiger partial charge in [0.2, 0.25) is 0 Å². The molecule has 0 radical (unpaired) electrons. The number of aliphatic hydroxyl groups excluding tert-OH is 1. The van der Waals surface area contributed by atoms with Crippen molar-refractivity contribution in [3.8, 4) is 0 Å². The summed E-state index contributed by atoms with van der Waals surface area (Å²) in [5, 5.41) is 12.3. The average molecular weight is 389 g/mol. The minimum Gasteiger partial charge on any atom is -0.463 e. The average Bonchev–Trinajstić information content (AvgIpc) is 3.10. The van der Waals surface area contributed by atoms with Crippen LogP contribution < -0.4 is 16.4 Å². The zero-order valence-electron chi connectivity index (χ0n) is 15.6. The van der Waals surface area contributed by atoms with Crippen molar-refractivity contribution in [2.45, 2.75) is 20.0 Å². The number of anilines is 2. The van der Waals surface area contributed by atoms with Crippen molar-refractivity contribution in [1.29, 1.82) is 0 Å². The lowest BCUT2D eigenvalue weighted by Gasteiger charge is -2.17. The van der Waals surface area contributed by atoms with Crippen molar-refractivity contribution in [3.05, 3.63) is 57.8 Å². The minimum absolute atomic E-state index is 0.0346. The smallest absolute Gasteiger partial charge is 0.282 e. The van der Waals surface area contributed by atoms with E-state index in [0.29, 0.717) is 0 Å². The summed E-state index contributed by atoms with van der Waals surface area (Å²) in [4.78, 5) is 30.3. The molecule has 1 amide bonds. The van der Waals surface area contributed by atoms with Crippen molar-refractivity contribution in [2.24, 2.45) is 7.05 Å². The van der Waals surface area contributed by atoms with E-state index in [4.69, 9.17) is 9.25 Å². The summed E-state index contributed by atoms with van der Waals surface area (Å²) < 4.78 is 20.9. The first-order chi connectivity index (χ1) is 13.3. The van der Waals surface area contributed by atoms with Crippen molar-refractivity contribution < 1.29 is 23.5 Å². The van der Waals surface area contributed by atoms with Crippen LogP contribution >= 0.6 is 0 Å². The molecule has 2 aromatic heterocycles. The number of aryl methyl sites for hydroxylation is 1. The molecule has 0 unspecified atom stereocenters. The van der Waals surface area contributed by atoms with Gasteiger partial charge in [-0.3, -0.25) is 19.0 Å². The standard InChI is InChI=1S/C19H20FN3O5/c1-10-4-5-14(13(20)8-10)21-17-15(18(25)22-28-9-11(2)24)16-12(6-7-27-16)19(26)23(17)3/h4-8,11,21,24H,9H2,1-3H3,(H,22,25)/t11-/m0/s1. The molecule has 2 heterocycles. The molecule has 0 fully saturated rings. The molecule has 0 bridgehead atoms. The van der Waals surface area contributed by atoms with Gasteiger partial charge in [0.25, 0.3) is 11.5 Å². The third-order valence-corrected chi connectivity index (χ3v) is 4.09. The molecule has 9 heteroatoms. The lowest BCUT2D eigenvalue weighted by molar-refractivity contribution is -0.00680. The number of furan rings is 1. The predicted molar refractivity (Wildman–Crippen MR) is 101 cm³/mol. The SMILES string of the molecule is Cc1ccc(Nc2c(C(=O)NOC[C@H](C)O)c3occc3c(=O)n2C)c(F)c1. The summed E-state index contributed by atoms with van der Waals surface area (Å²) >= 11 is 0. The molecule has 8 nitrogen and oxygen atoms in total. The number of fused-ring (bicyclic) bond motifs is 1. The van der Waals surface area contributed by atoms with Crippen molar-refractivity contribution >= 4 is 28.4 Å². The second-order valence-electron chi connectivity index (χ2n) is 6.45. The molecule has 3 N–H and O–H groups in total. The Bertz CT molecular complexity index is 1090. The molecule has 0 saturated heterocycles. The summed E-state index contributed by atoms with van der Waals surface area (Å²) in [6, 6.07) is 5.98. The van der Waals surface area contributed by atoms with E-state index in [1.807, 2.05) is 0 Å². The molecule has 0 aliphatic rings. The third-order valence-electron chi connectivity index (χ3n) is 4.09. The number of nitrogens with zero attached hydrogens (tertiary/aromatic N) is 1. The number of amides is 1. The molecule has 1 atom stereocenters. The minimum atomic E-state index is -0.789. The maximum absolute atomic E-state index is 14.3. The molecule has 3 rings (SSSR count). The highest BCUT2D eigenvalue weighted by Crippen LogP contribution is 2.28. The van der Waals surface area contributed by atoms with E-state index in [1.54, 1.807) is 13.0 Å². The highest BCUT2D eigenvalue weighted by molar-refractivity contribution is 6.09. The number of halogens is 1. The zero-order valence-corrected chi connectivity index (χ0v) is 15.6. The molecule has 0 aliphatic heterocycles. The number of aliphatic hydroxyl groups is 1. The van der Waals surface area contributed by atoms with Crippen LogP contribution in [0, 0.1) is 12.7 Å². The monoisotopic (exact) mass is 389 g/mol. The number of hydrogen-bond acceptors (Lipinski definition) is 6. The number of hydrogen-bond donors (Lipinski definition) is 3. The van der Waals surface area contributed by atoms with Gasteiger partial charge in [0.15, 0.2) is 5.58 Å². The van der Waals surface area contributed by atoms with Gasteiger partial charge in [-0.2, -0.15) is 0 Å². The highest BCUT2D eigenvalue weighted by atomic mass is 19.1. The van der Waals surface area contributed by atoms with Crippen LogP contribution in [0.3, 0.4) is 0 Å². The Morgan fingerprint density at radius 3 is 2.82 bits per heavy atom. The number of pyridine rings is 1. The maximum Gasteiger partial charge on any atom is 0.282 e. The van der Waals surface area contributed by atoms with Crippen LogP contribution in [0.2, 0.25) is 0 Å². The van der Waals surface area contributed by atoms with E-state index in [-0.39, 0.29) is 34.6 Å². The van der Waals surface area contributed by atoms with Gasteiger partial charge < -0.3 is 14.8 Å². The fourth-order valence-electron chi connectivity index (χ4n) is 2.71. The summed E-state index contributed by atoms with van der Waals surface area (Å²) in [5.41, 5.74) is 2.60. The molecule has 148 valence electrons. The first-order valence-electron chi connectivity index (χ1n) is 8.53. The molecule has 1 aromatic carbocycles. The van der Waals surface area contributed by atoms with Crippen LogP contribution in [0.25, 0.3) is 11.0 Å². The number of carbonyl (C=O) groups is 1. The first kappa shape index (κ1) is 19.6. The van der Waals surface area contributed by atoms with Crippen LogP contribution in [0.15, 0.2) is 39.7 Å². The lowest BCUT2D eigenvalue weighted by atomic mass is 10.1. The van der Waals surface area contributed by atoms with Crippen LogP contribution in [-0.4, -0.2) is 28.3 Å². The Kier molecular flexibility index (Phi) is 5.48. The molecular weight excluding hydrogens is 369 g/mol. The maximum atomic E-state index is 14.3. The van der Waals surface area contributed by atoms with E-state index in [2.05, 4.69) is 10.8 Å². The van der Waals surface area contributed by atoms with Crippen molar-refractivity contribution in [1.82, 2.24) is 10.0 Å². The van der Waals surface area contributed by atoms with Crippen LogP contribution in [0.1, 0.15) is 22.8 Å². The third kappa shape index (κ3) is 3.75. The number of carbonyl (C=O) groups excluding carboxylic acids is 1. The van der Waals surface area contributed by atoms with Gasteiger partial charge in [-0.25, -0.2) is 9.87 Å². The highest BCUT2D eigenvalue weighted by Gasteiger charge is 2.24. The summed E-state index contributed by atoms with van der Waals surface area (Å²) in [7, 11) is 1.45. The second kappa shape index (κ2) is 7.83. The summed E-state index contributed by atoms with van der Waals surface area (Å²) in [5.74, 6) is -1.22. The van der Waals surface area contributed by atoms with Crippen molar-refractivity contribution in [3.63, 3.8) is 0 Å². The van der Waals surface area contributed by atoms with Crippen LogP contribution in [0.5, 0.6) is 0 Å². The Hall–Kier alpha value is -3.17. The first-order valence-corrected chi connectivity index (χ1v) is 8.53. The lowest BCUT2D eigenvalue weighted by Crippen LogP contribution is -2.31. The van der Waals surface area contributed by atoms with Gasteiger partial charge in [0, 0.05) is 7.05 Å². The normalized spacial score (nSPS) is 12.2. The second-order valence-corrected chi connectivity index (χ2v) is 6.45. The predicted octanol–water partition coefficient (Wildman–Crippen LogP) is 2.36. The van der Waals surface area contributed by atoms with Gasteiger partial charge >= 0.3 is 0 Å². The molecule has 0 spiro atoms. The number of nitrogens with one attached hydrogen (secondary N) is 2. The Morgan fingerprint density at radius 1 is 1.39 bits per heavy atom. The van der Waals surface area contributed by atoms with Gasteiger partial charge in [0.1, 0.15) is 23.8 Å². The Labute approximate surface area is 159 Å². The molecular formula is C19H20FN3O5. The fourth-order valence-corrected chi connectivity index (χ4v) is 2.71. The molecule has 3 aromatic rings. The van der Waals surface area contributed by atoms with E-state index in [1.165, 1.54) is 43.0 Å². The number of hydroxylamine groups is 1. The van der Waals surface area contributed by atoms with Gasteiger partial charge in [0.05, 0.1) is 23.4 Å². The van der Waals surface area contributed by atoms with Gasteiger partial charge in [-0.05, 0) is 37.6 Å². The van der Waals surface area contributed by atoms with Crippen molar-refractivity contribution in [2.75, 3.05) is 11.9 Å². The number of benzene rings is 1. The molecule has 0 aliphatic carbocycles. The molecule has 28 heavy (non-hydrogen) atoms. The Balaban J connectivity index is 2.10. The topological polar surface area (TPSA) is 106 Å². The van der Waals surface area contributed by atoms with E-state index in [9.17, 15) is 19.1 Å². The van der Waals surface area contributed by atoms with E-state index >= 15 is 0 Å². The number of rotatable bonds is 6. The van der Waals surface area contributed by atoms with Gasteiger partial charge in [-0.1, -0.05) is 6.07 Å². The Morgan fingerprint density at radius 2 is 2.14 bits per heavy atom. The molecule has 0 saturated carbocycles. The van der Waals surface area contributed by atoms with E-state index < -0.39 is 23.4 Å². The summed E-state index contributed by atoms with van der Waals surface area (Å²) in [6.07, 6.45) is 0.499. The zero-order chi connectivity index (χ0) is 20.4. The quantitative estimate of drug-likeness (QED) is 0.559. The largest absolute Gasteiger partial charge is 0.463 e.